The number of hydrogen-bond donors (Lipinski definition) is 1. The van der Waals surface area contributed by atoms with Gasteiger partial charge in [-0.25, -0.2) is 0 Å². The first-order valence-corrected chi connectivity index (χ1v) is 8.01. The summed E-state index contributed by atoms with van der Waals surface area (Å²) >= 11 is 1.69. The second-order valence-corrected chi connectivity index (χ2v) is 5.76. The van der Waals surface area contributed by atoms with Crippen LogP contribution in [0, 0.1) is 5.92 Å². The zero-order chi connectivity index (χ0) is 13.7. The van der Waals surface area contributed by atoms with Gasteiger partial charge >= 0.3 is 0 Å². The maximum absolute atomic E-state index is 5.59. The number of nitrogens with one attached hydrogen (secondary N) is 1. The van der Waals surface area contributed by atoms with Crippen LogP contribution in [0.2, 0.25) is 0 Å². The van der Waals surface area contributed by atoms with E-state index in [2.05, 4.69) is 23.7 Å². The van der Waals surface area contributed by atoms with Crippen LogP contribution in [0.1, 0.15) is 18.4 Å². The van der Waals surface area contributed by atoms with Crippen LogP contribution in [0.25, 0.3) is 0 Å². The van der Waals surface area contributed by atoms with Crippen molar-refractivity contribution in [3.05, 3.63) is 17.7 Å². The summed E-state index contributed by atoms with van der Waals surface area (Å²) in [5.74, 6) is 2.48. The molecule has 1 heterocycles. The van der Waals surface area contributed by atoms with E-state index in [0.717, 1.165) is 35.9 Å². The fourth-order valence-corrected chi connectivity index (χ4v) is 3.30. The molecule has 1 fully saturated rings. The van der Waals surface area contributed by atoms with Gasteiger partial charge in [-0.15, -0.1) is 11.8 Å². The van der Waals surface area contributed by atoms with E-state index in [1.165, 1.54) is 18.4 Å². The molecule has 1 aromatic rings. The van der Waals surface area contributed by atoms with E-state index in [9.17, 15) is 0 Å². The van der Waals surface area contributed by atoms with Crippen LogP contribution >= 0.6 is 11.8 Å². The number of thioether (sulfide) groups is 1. The van der Waals surface area contributed by atoms with Gasteiger partial charge < -0.3 is 14.8 Å². The standard InChI is InChI=1S/C15H23NO2S/c1-17-14-12(9-11-5-4-8-16-10-11)6-7-13(19-3)15(14)18-2/h6-7,11,16H,4-5,8-10H2,1-3H3. The Hall–Kier alpha value is -0.870. The Balaban J connectivity index is 2.23. The Morgan fingerprint density at radius 2 is 2.05 bits per heavy atom. The van der Waals surface area contributed by atoms with Gasteiger partial charge in [0, 0.05) is 0 Å². The lowest BCUT2D eigenvalue weighted by atomic mass is 9.92. The Labute approximate surface area is 120 Å². The van der Waals surface area contributed by atoms with Crippen molar-refractivity contribution < 1.29 is 9.47 Å². The molecule has 1 unspecified atom stereocenters. The minimum Gasteiger partial charge on any atom is -0.493 e. The van der Waals surface area contributed by atoms with Crippen molar-refractivity contribution in [2.24, 2.45) is 5.92 Å². The molecule has 0 spiro atoms. The van der Waals surface area contributed by atoms with Crippen LogP contribution in [0.4, 0.5) is 0 Å². The molecule has 19 heavy (non-hydrogen) atoms. The van der Waals surface area contributed by atoms with Gasteiger partial charge in [0.15, 0.2) is 11.5 Å². The molecule has 1 atom stereocenters. The number of ether oxygens (including phenoxy) is 2. The summed E-state index contributed by atoms with van der Waals surface area (Å²) in [4.78, 5) is 1.13. The van der Waals surface area contributed by atoms with Crippen molar-refractivity contribution in [2.75, 3.05) is 33.6 Å². The van der Waals surface area contributed by atoms with Gasteiger partial charge in [-0.1, -0.05) is 6.07 Å². The highest BCUT2D eigenvalue weighted by molar-refractivity contribution is 7.98. The quantitative estimate of drug-likeness (QED) is 0.841. The summed E-state index contributed by atoms with van der Waals surface area (Å²) in [6, 6.07) is 4.32. The van der Waals surface area contributed by atoms with Gasteiger partial charge in [-0.05, 0) is 56.2 Å². The molecule has 0 aromatic heterocycles. The van der Waals surface area contributed by atoms with Crippen molar-refractivity contribution in [1.82, 2.24) is 5.32 Å². The van der Waals surface area contributed by atoms with Crippen LogP contribution in [0.15, 0.2) is 17.0 Å². The molecular formula is C15H23NO2S. The Bertz CT molecular complexity index is 417. The predicted octanol–water partition coefficient (Wildman–Crippen LogP) is 2.97. The number of rotatable bonds is 5. The summed E-state index contributed by atoms with van der Waals surface area (Å²) in [7, 11) is 3.44. The lowest BCUT2D eigenvalue weighted by molar-refractivity contribution is 0.335. The lowest BCUT2D eigenvalue weighted by Gasteiger charge is -2.24. The minimum atomic E-state index is 0.701. The molecular weight excluding hydrogens is 258 g/mol. The highest BCUT2D eigenvalue weighted by atomic mass is 32.2. The van der Waals surface area contributed by atoms with E-state index >= 15 is 0 Å². The highest BCUT2D eigenvalue weighted by Gasteiger charge is 2.19. The molecule has 1 aliphatic heterocycles. The molecule has 3 nitrogen and oxygen atoms in total. The van der Waals surface area contributed by atoms with Crippen LogP contribution in [-0.2, 0) is 6.42 Å². The third-order valence-corrected chi connectivity index (χ3v) is 4.45. The second kappa shape index (κ2) is 7.06. The molecule has 1 N–H and O–H groups in total. The third kappa shape index (κ3) is 3.37. The zero-order valence-electron chi connectivity index (χ0n) is 12.0. The normalized spacial score (nSPS) is 19.2. The van der Waals surface area contributed by atoms with Crippen LogP contribution < -0.4 is 14.8 Å². The minimum absolute atomic E-state index is 0.701. The number of benzene rings is 1. The van der Waals surface area contributed by atoms with Crippen molar-refractivity contribution in [3.63, 3.8) is 0 Å². The van der Waals surface area contributed by atoms with Gasteiger partial charge in [0.1, 0.15) is 0 Å². The molecule has 106 valence electrons. The maximum Gasteiger partial charge on any atom is 0.174 e. The van der Waals surface area contributed by atoms with Gasteiger partial charge in [0.25, 0.3) is 0 Å². The van der Waals surface area contributed by atoms with Gasteiger partial charge in [0.2, 0.25) is 0 Å². The van der Waals surface area contributed by atoms with Crippen LogP contribution in [0.5, 0.6) is 11.5 Å². The molecule has 0 amide bonds. The predicted molar refractivity (Wildman–Crippen MR) is 80.6 cm³/mol. The van der Waals surface area contributed by atoms with Crippen molar-refractivity contribution >= 4 is 11.8 Å². The lowest BCUT2D eigenvalue weighted by Crippen LogP contribution is -2.30. The van der Waals surface area contributed by atoms with E-state index in [-0.39, 0.29) is 0 Å². The van der Waals surface area contributed by atoms with Crippen LogP contribution in [-0.4, -0.2) is 33.6 Å². The molecule has 2 rings (SSSR count). The molecule has 1 aromatic carbocycles. The number of methoxy groups -OCH3 is 2. The average Bonchev–Trinajstić information content (AvgIpc) is 2.47. The Kier molecular flexibility index (Phi) is 5.40. The Morgan fingerprint density at radius 3 is 2.63 bits per heavy atom. The number of hydrogen-bond acceptors (Lipinski definition) is 4. The maximum atomic E-state index is 5.59. The van der Waals surface area contributed by atoms with E-state index in [1.807, 2.05) is 0 Å². The number of piperidine rings is 1. The highest BCUT2D eigenvalue weighted by Crippen LogP contribution is 2.40. The summed E-state index contributed by atoms with van der Waals surface area (Å²) < 4.78 is 11.1. The van der Waals surface area contributed by atoms with E-state index in [0.29, 0.717) is 5.92 Å². The summed E-state index contributed by atoms with van der Waals surface area (Å²) in [6.45, 7) is 2.26. The largest absolute Gasteiger partial charge is 0.493 e. The first kappa shape index (κ1) is 14.5. The van der Waals surface area contributed by atoms with Gasteiger partial charge in [-0.2, -0.15) is 0 Å². The van der Waals surface area contributed by atoms with Gasteiger partial charge in [-0.3, -0.25) is 0 Å². The van der Waals surface area contributed by atoms with E-state index in [4.69, 9.17) is 9.47 Å². The monoisotopic (exact) mass is 281 g/mol. The third-order valence-electron chi connectivity index (χ3n) is 3.69. The van der Waals surface area contributed by atoms with Crippen molar-refractivity contribution in [3.8, 4) is 11.5 Å². The first-order valence-electron chi connectivity index (χ1n) is 6.78. The first-order chi connectivity index (χ1) is 9.30. The second-order valence-electron chi connectivity index (χ2n) is 4.91. The molecule has 4 heteroatoms. The van der Waals surface area contributed by atoms with E-state index in [1.54, 1.807) is 26.0 Å². The van der Waals surface area contributed by atoms with Crippen LogP contribution in [0.3, 0.4) is 0 Å². The fourth-order valence-electron chi connectivity index (χ4n) is 2.73. The smallest absolute Gasteiger partial charge is 0.174 e. The van der Waals surface area contributed by atoms with Crippen molar-refractivity contribution in [1.29, 1.82) is 0 Å². The van der Waals surface area contributed by atoms with Gasteiger partial charge in [0.05, 0.1) is 19.1 Å². The topological polar surface area (TPSA) is 30.5 Å². The summed E-state index contributed by atoms with van der Waals surface area (Å²) in [5, 5.41) is 3.47. The average molecular weight is 281 g/mol. The summed E-state index contributed by atoms with van der Waals surface area (Å²) in [5.41, 5.74) is 1.26. The zero-order valence-corrected chi connectivity index (χ0v) is 12.8. The fraction of sp³-hybridized carbons (Fsp3) is 0.600. The van der Waals surface area contributed by atoms with Crippen molar-refractivity contribution in [2.45, 2.75) is 24.2 Å². The SMILES string of the molecule is COc1c(CC2CCCNC2)ccc(SC)c1OC. The summed E-state index contributed by atoms with van der Waals surface area (Å²) in [6.07, 6.45) is 5.68. The molecule has 0 bridgehead atoms. The molecule has 0 saturated carbocycles. The van der Waals surface area contributed by atoms with E-state index < -0.39 is 0 Å². The molecule has 0 aliphatic carbocycles. The molecule has 1 saturated heterocycles. The molecule has 0 radical (unpaired) electrons. The Morgan fingerprint density at radius 1 is 1.26 bits per heavy atom. The molecule has 1 aliphatic rings.